The van der Waals surface area contributed by atoms with E-state index in [9.17, 15) is 4.79 Å². The van der Waals surface area contributed by atoms with Gasteiger partial charge in [-0.2, -0.15) is 0 Å². The normalized spacial score (nSPS) is 6.80. The summed E-state index contributed by atoms with van der Waals surface area (Å²) in [5, 5.41) is 0. The molecule has 0 amide bonds. The van der Waals surface area contributed by atoms with Crippen LogP contribution in [-0.4, -0.2) is 65.4 Å². The fourth-order valence-electron chi connectivity index (χ4n) is 0.532. The zero-order valence-corrected chi connectivity index (χ0v) is 10.4. The van der Waals surface area contributed by atoms with E-state index < -0.39 is 0 Å². The minimum Gasteiger partial charge on any atom is -0.298 e. The van der Waals surface area contributed by atoms with Crippen molar-refractivity contribution in [3.63, 3.8) is 0 Å². The summed E-state index contributed by atoms with van der Waals surface area (Å²) < 4.78 is 0. The molecule has 0 saturated carbocycles. The largest absolute Gasteiger partial charge is 0.298 e. The van der Waals surface area contributed by atoms with Gasteiger partial charge in [-0.3, -0.25) is 4.79 Å². The molecule has 0 spiro atoms. The Morgan fingerprint density at radius 3 is 1.80 bits per heavy atom. The van der Waals surface area contributed by atoms with Gasteiger partial charge in [0.25, 0.3) is 0 Å². The molecule has 2 radical (unpaired) electrons. The van der Waals surface area contributed by atoms with Gasteiger partial charge in [-0.1, -0.05) is 30.3 Å². The van der Waals surface area contributed by atoms with E-state index in [0.717, 1.165) is 11.8 Å². The standard InChI is InChI=1S/C7H6O.2Na/c8-6-7-4-2-1-3-5-7;;/h1-6H;;. The monoisotopic (exact) mass is 152 g/mol. The van der Waals surface area contributed by atoms with Crippen LogP contribution in [0.25, 0.3) is 0 Å². The van der Waals surface area contributed by atoms with Crippen LogP contribution in [0.15, 0.2) is 30.3 Å². The van der Waals surface area contributed by atoms with Gasteiger partial charge < -0.3 is 0 Å². The molecule has 0 saturated heterocycles. The number of rotatable bonds is 1. The summed E-state index contributed by atoms with van der Waals surface area (Å²) in [6, 6.07) is 9.10. The third-order valence-electron chi connectivity index (χ3n) is 0.936. The van der Waals surface area contributed by atoms with E-state index in [0.29, 0.717) is 0 Å². The van der Waals surface area contributed by atoms with Crippen LogP contribution in [-0.2, 0) is 0 Å². The molecule has 0 aliphatic rings. The van der Waals surface area contributed by atoms with Crippen molar-refractivity contribution in [3.05, 3.63) is 35.9 Å². The van der Waals surface area contributed by atoms with Crippen LogP contribution in [0.3, 0.4) is 0 Å². The average molecular weight is 152 g/mol. The van der Waals surface area contributed by atoms with Gasteiger partial charge in [0.05, 0.1) is 0 Å². The van der Waals surface area contributed by atoms with E-state index >= 15 is 0 Å². The zero-order chi connectivity index (χ0) is 5.82. The van der Waals surface area contributed by atoms with E-state index in [1.807, 2.05) is 18.2 Å². The number of hydrogen-bond acceptors (Lipinski definition) is 1. The Hall–Kier alpha value is 0.890. The maximum absolute atomic E-state index is 10.0. The predicted octanol–water partition coefficient (Wildman–Crippen LogP) is 0.737. The number of aldehydes is 1. The fourth-order valence-corrected chi connectivity index (χ4v) is 0.532. The molecule has 0 N–H and O–H groups in total. The first kappa shape index (κ1) is 13.5. The molecule has 1 nitrogen and oxygen atoms in total. The average Bonchev–Trinajstić information content (AvgIpc) is 1.90. The Bertz CT molecular complexity index is 174. The van der Waals surface area contributed by atoms with Gasteiger partial charge in [0.2, 0.25) is 0 Å². The van der Waals surface area contributed by atoms with Gasteiger partial charge in [0.1, 0.15) is 6.29 Å². The second-order valence-corrected chi connectivity index (χ2v) is 1.53. The second kappa shape index (κ2) is 7.99. The van der Waals surface area contributed by atoms with E-state index in [4.69, 9.17) is 0 Å². The van der Waals surface area contributed by atoms with Gasteiger partial charge in [0, 0.05) is 64.7 Å². The van der Waals surface area contributed by atoms with Crippen molar-refractivity contribution in [1.82, 2.24) is 0 Å². The maximum atomic E-state index is 10.0. The summed E-state index contributed by atoms with van der Waals surface area (Å²) in [6.07, 6.45) is 0.833. The van der Waals surface area contributed by atoms with Gasteiger partial charge in [-0.05, 0) is 0 Å². The fraction of sp³-hybridized carbons (Fsp3) is 0. The van der Waals surface area contributed by atoms with Crippen molar-refractivity contribution in [2.75, 3.05) is 0 Å². The number of carbonyl (C=O) groups excluding carboxylic acids is 1. The van der Waals surface area contributed by atoms with Crippen molar-refractivity contribution in [3.8, 4) is 0 Å². The van der Waals surface area contributed by atoms with Crippen molar-refractivity contribution in [2.45, 2.75) is 0 Å². The van der Waals surface area contributed by atoms with Crippen LogP contribution >= 0.6 is 0 Å². The summed E-state index contributed by atoms with van der Waals surface area (Å²) in [4.78, 5) is 10.0. The summed E-state index contributed by atoms with van der Waals surface area (Å²) in [7, 11) is 0. The van der Waals surface area contributed by atoms with Crippen molar-refractivity contribution in [1.29, 1.82) is 0 Å². The van der Waals surface area contributed by atoms with Crippen LogP contribution < -0.4 is 0 Å². The SMILES string of the molecule is O=Cc1ccccc1.[Na].[Na]. The molecule has 0 atom stereocenters. The van der Waals surface area contributed by atoms with Crippen LogP contribution in [0.5, 0.6) is 0 Å². The molecule has 0 aliphatic carbocycles. The van der Waals surface area contributed by atoms with Gasteiger partial charge >= 0.3 is 0 Å². The van der Waals surface area contributed by atoms with Crippen molar-refractivity contribution >= 4 is 65.4 Å². The second-order valence-electron chi connectivity index (χ2n) is 1.53. The molecule has 1 aromatic rings. The van der Waals surface area contributed by atoms with Gasteiger partial charge in [-0.25, -0.2) is 0 Å². The Balaban J connectivity index is 0. The zero-order valence-electron chi connectivity index (χ0n) is 6.37. The molecule has 10 heavy (non-hydrogen) atoms. The summed E-state index contributed by atoms with van der Waals surface area (Å²) in [5.74, 6) is 0. The first-order chi connectivity index (χ1) is 3.93. The van der Waals surface area contributed by atoms with Crippen LogP contribution in [0.1, 0.15) is 10.4 Å². The molecule has 42 valence electrons. The summed E-state index contributed by atoms with van der Waals surface area (Å²) in [5.41, 5.74) is 0.729. The Morgan fingerprint density at radius 2 is 1.50 bits per heavy atom. The number of benzene rings is 1. The minimum atomic E-state index is 0. The molecule has 3 heteroatoms. The third-order valence-corrected chi connectivity index (χ3v) is 0.936. The molecule has 0 heterocycles. The number of carbonyl (C=O) groups is 1. The molecule has 0 bridgehead atoms. The topological polar surface area (TPSA) is 17.1 Å². The van der Waals surface area contributed by atoms with E-state index in [-0.39, 0.29) is 59.1 Å². The van der Waals surface area contributed by atoms with E-state index in [2.05, 4.69) is 0 Å². The quantitative estimate of drug-likeness (QED) is 0.428. The molecule has 0 aliphatic heterocycles. The molecule has 1 rings (SSSR count). The minimum absolute atomic E-state index is 0. The molecule has 1 aromatic carbocycles. The summed E-state index contributed by atoms with van der Waals surface area (Å²) >= 11 is 0. The van der Waals surface area contributed by atoms with Gasteiger partial charge in [0.15, 0.2) is 0 Å². The van der Waals surface area contributed by atoms with Crippen molar-refractivity contribution in [2.24, 2.45) is 0 Å². The Morgan fingerprint density at radius 1 is 1.00 bits per heavy atom. The molecule has 0 aromatic heterocycles. The van der Waals surface area contributed by atoms with Crippen LogP contribution in [0.4, 0.5) is 0 Å². The Labute approximate surface area is 105 Å². The van der Waals surface area contributed by atoms with E-state index in [1.165, 1.54) is 0 Å². The number of hydrogen-bond donors (Lipinski definition) is 0. The predicted molar refractivity (Wildman–Crippen MR) is 43.3 cm³/mol. The molecule has 0 unspecified atom stereocenters. The first-order valence-corrected chi connectivity index (χ1v) is 2.44. The van der Waals surface area contributed by atoms with Crippen LogP contribution in [0.2, 0.25) is 0 Å². The molecule has 0 fully saturated rings. The molecular weight excluding hydrogens is 146 g/mol. The van der Waals surface area contributed by atoms with Gasteiger partial charge in [-0.15, -0.1) is 0 Å². The Kier molecular flexibility index (Phi) is 10.8. The maximum Gasteiger partial charge on any atom is 0.150 e. The summed E-state index contributed by atoms with van der Waals surface area (Å²) in [6.45, 7) is 0. The molecular formula is C7H6Na2O. The third kappa shape index (κ3) is 4.67. The van der Waals surface area contributed by atoms with E-state index in [1.54, 1.807) is 12.1 Å². The smallest absolute Gasteiger partial charge is 0.150 e. The van der Waals surface area contributed by atoms with Crippen LogP contribution in [0, 0.1) is 0 Å². The first-order valence-electron chi connectivity index (χ1n) is 2.44. The van der Waals surface area contributed by atoms with Crippen molar-refractivity contribution < 1.29 is 4.79 Å².